The van der Waals surface area contributed by atoms with E-state index in [0.29, 0.717) is 41.0 Å². The molecule has 2 amide bonds. The molecule has 2 heterocycles. The summed E-state index contributed by atoms with van der Waals surface area (Å²) in [4.78, 5) is 37.3. The lowest BCUT2D eigenvalue weighted by Crippen LogP contribution is -2.29. The molecule has 3 aromatic rings. The molecule has 0 radical (unpaired) electrons. The summed E-state index contributed by atoms with van der Waals surface area (Å²) in [5.41, 5.74) is 2.04. The number of amides is 2. The van der Waals surface area contributed by atoms with Gasteiger partial charge in [0.25, 0.3) is 5.91 Å². The largest absolute Gasteiger partial charge is 0.486 e. The van der Waals surface area contributed by atoms with Gasteiger partial charge in [-0.2, -0.15) is 0 Å². The Hall–Kier alpha value is -3.85. The van der Waals surface area contributed by atoms with E-state index in [4.69, 9.17) is 14.2 Å². The van der Waals surface area contributed by atoms with Gasteiger partial charge in [-0.25, -0.2) is 4.79 Å². The van der Waals surface area contributed by atoms with E-state index in [1.807, 2.05) is 24.3 Å². The first-order valence-electron chi connectivity index (χ1n) is 10.3. The lowest BCUT2D eigenvalue weighted by atomic mass is 10.1. The number of nitrogens with one attached hydrogen (secondary N) is 2. The van der Waals surface area contributed by atoms with Crippen molar-refractivity contribution in [3.63, 3.8) is 0 Å². The number of hydrogen-bond donors (Lipinski definition) is 2. The van der Waals surface area contributed by atoms with Crippen LogP contribution in [-0.4, -0.2) is 37.1 Å². The van der Waals surface area contributed by atoms with E-state index in [-0.39, 0.29) is 5.91 Å². The highest BCUT2D eigenvalue weighted by atomic mass is 32.1. The molecule has 170 valence electrons. The molecular formula is C24H22N2O6S. The Morgan fingerprint density at radius 1 is 0.909 bits per heavy atom. The first-order chi connectivity index (χ1) is 15.9. The summed E-state index contributed by atoms with van der Waals surface area (Å²) in [7, 11) is 0. The first-order valence-corrected chi connectivity index (χ1v) is 11.1. The summed E-state index contributed by atoms with van der Waals surface area (Å²) in [6.07, 6.45) is -0.993. The number of anilines is 2. The van der Waals surface area contributed by atoms with Gasteiger partial charge < -0.3 is 24.8 Å². The predicted octanol–water partition coefficient (Wildman–Crippen LogP) is 4.33. The minimum atomic E-state index is -0.993. The van der Waals surface area contributed by atoms with Crippen LogP contribution in [0.1, 0.15) is 23.5 Å². The standard InChI is InChI=1S/C24H22N2O6S/c1-14(23(28)26-18-6-4-17(5-7-18)25-15(2)27)32-24(29)22-10-9-21(33-22)16-3-8-19-20(13-16)31-12-11-30-19/h3-10,13-14H,11-12H2,1-2H3,(H,25,27)(H,26,28). The zero-order chi connectivity index (χ0) is 23.4. The molecular weight excluding hydrogens is 444 g/mol. The van der Waals surface area contributed by atoms with Crippen LogP contribution in [0, 0.1) is 0 Å². The number of carbonyl (C=O) groups is 3. The van der Waals surface area contributed by atoms with Gasteiger partial charge in [-0.1, -0.05) is 0 Å². The van der Waals surface area contributed by atoms with Gasteiger partial charge in [0.05, 0.1) is 0 Å². The van der Waals surface area contributed by atoms with Gasteiger partial charge in [0.2, 0.25) is 5.91 Å². The summed E-state index contributed by atoms with van der Waals surface area (Å²) >= 11 is 1.27. The maximum Gasteiger partial charge on any atom is 0.349 e. The van der Waals surface area contributed by atoms with Gasteiger partial charge in [-0.15, -0.1) is 11.3 Å². The number of fused-ring (bicyclic) bond motifs is 1. The molecule has 1 aliphatic heterocycles. The zero-order valence-corrected chi connectivity index (χ0v) is 18.9. The third-order valence-electron chi connectivity index (χ3n) is 4.76. The Morgan fingerprint density at radius 3 is 2.27 bits per heavy atom. The van der Waals surface area contributed by atoms with Crippen molar-refractivity contribution >= 4 is 40.5 Å². The van der Waals surface area contributed by atoms with E-state index in [9.17, 15) is 14.4 Å². The summed E-state index contributed by atoms with van der Waals surface area (Å²) in [5.74, 6) is 0.155. The molecule has 1 aromatic heterocycles. The van der Waals surface area contributed by atoms with E-state index >= 15 is 0 Å². The Morgan fingerprint density at radius 2 is 1.58 bits per heavy atom. The number of thiophene rings is 1. The van der Waals surface area contributed by atoms with Crippen LogP contribution >= 0.6 is 11.3 Å². The quantitative estimate of drug-likeness (QED) is 0.524. The molecule has 0 saturated carbocycles. The molecule has 1 atom stereocenters. The average molecular weight is 467 g/mol. The number of ether oxygens (including phenoxy) is 3. The van der Waals surface area contributed by atoms with Crippen molar-refractivity contribution in [1.29, 1.82) is 0 Å². The van der Waals surface area contributed by atoms with Crippen molar-refractivity contribution in [3.8, 4) is 21.9 Å². The normalized spacial score (nSPS) is 13.0. The molecule has 33 heavy (non-hydrogen) atoms. The number of hydrogen-bond acceptors (Lipinski definition) is 7. The first kappa shape index (κ1) is 22.3. The van der Waals surface area contributed by atoms with Crippen LogP contribution in [0.5, 0.6) is 11.5 Å². The maximum atomic E-state index is 12.6. The minimum Gasteiger partial charge on any atom is -0.486 e. The van der Waals surface area contributed by atoms with Gasteiger partial charge in [-0.05, 0) is 67.1 Å². The van der Waals surface area contributed by atoms with E-state index in [1.54, 1.807) is 30.3 Å². The highest BCUT2D eigenvalue weighted by Gasteiger charge is 2.21. The summed E-state index contributed by atoms with van der Waals surface area (Å²) in [6.45, 7) is 3.94. The third-order valence-corrected chi connectivity index (χ3v) is 5.87. The molecule has 2 N–H and O–H groups in total. The molecule has 8 nitrogen and oxygen atoms in total. The fourth-order valence-corrected chi connectivity index (χ4v) is 4.04. The van der Waals surface area contributed by atoms with Crippen molar-refractivity contribution in [3.05, 3.63) is 59.5 Å². The number of rotatable bonds is 6. The Bertz CT molecular complexity index is 1190. The average Bonchev–Trinajstić information content (AvgIpc) is 3.30. The lowest BCUT2D eigenvalue weighted by molar-refractivity contribution is -0.123. The monoisotopic (exact) mass is 466 g/mol. The van der Waals surface area contributed by atoms with E-state index < -0.39 is 18.0 Å². The van der Waals surface area contributed by atoms with Crippen LogP contribution in [0.15, 0.2) is 54.6 Å². The maximum absolute atomic E-state index is 12.6. The van der Waals surface area contributed by atoms with Crippen LogP contribution in [0.25, 0.3) is 10.4 Å². The zero-order valence-electron chi connectivity index (χ0n) is 18.0. The number of benzene rings is 2. The van der Waals surface area contributed by atoms with Crippen LogP contribution in [0.2, 0.25) is 0 Å². The topological polar surface area (TPSA) is 103 Å². The SMILES string of the molecule is CC(=O)Nc1ccc(NC(=O)C(C)OC(=O)c2ccc(-c3ccc4c(c3)OCCO4)s2)cc1. The molecule has 1 aliphatic rings. The molecule has 0 aliphatic carbocycles. The van der Waals surface area contributed by atoms with Crippen LogP contribution in [0.3, 0.4) is 0 Å². The Kier molecular flexibility index (Phi) is 6.60. The molecule has 4 rings (SSSR count). The minimum absolute atomic E-state index is 0.182. The van der Waals surface area contributed by atoms with Gasteiger partial charge in [0, 0.05) is 23.2 Å². The second-order valence-electron chi connectivity index (χ2n) is 7.32. The summed E-state index contributed by atoms with van der Waals surface area (Å²) in [5, 5.41) is 5.34. The van der Waals surface area contributed by atoms with Crippen LogP contribution < -0.4 is 20.1 Å². The van der Waals surface area contributed by atoms with E-state index in [1.165, 1.54) is 25.2 Å². The molecule has 0 fully saturated rings. The van der Waals surface area contributed by atoms with Crippen molar-refractivity contribution < 1.29 is 28.6 Å². The molecule has 9 heteroatoms. The molecule has 0 spiro atoms. The van der Waals surface area contributed by atoms with Gasteiger partial charge in [0.1, 0.15) is 18.1 Å². The van der Waals surface area contributed by atoms with Gasteiger partial charge >= 0.3 is 5.97 Å². The van der Waals surface area contributed by atoms with Gasteiger partial charge in [-0.3, -0.25) is 9.59 Å². The summed E-state index contributed by atoms with van der Waals surface area (Å²) < 4.78 is 16.5. The predicted molar refractivity (Wildman–Crippen MR) is 125 cm³/mol. The fourth-order valence-electron chi connectivity index (χ4n) is 3.16. The van der Waals surface area contributed by atoms with Crippen LogP contribution in [0.4, 0.5) is 11.4 Å². The molecule has 1 unspecified atom stereocenters. The lowest BCUT2D eigenvalue weighted by Gasteiger charge is -2.18. The number of esters is 1. The van der Waals surface area contributed by atoms with Crippen molar-refractivity contribution in [2.75, 3.05) is 23.8 Å². The highest BCUT2D eigenvalue weighted by molar-refractivity contribution is 7.17. The van der Waals surface area contributed by atoms with E-state index in [0.717, 1.165) is 10.4 Å². The molecule has 0 saturated heterocycles. The third kappa shape index (κ3) is 5.50. The van der Waals surface area contributed by atoms with Gasteiger partial charge in [0.15, 0.2) is 17.6 Å². The molecule has 2 aromatic carbocycles. The second-order valence-corrected chi connectivity index (χ2v) is 8.40. The smallest absolute Gasteiger partial charge is 0.349 e. The van der Waals surface area contributed by atoms with Crippen molar-refractivity contribution in [2.24, 2.45) is 0 Å². The number of carbonyl (C=O) groups excluding carboxylic acids is 3. The highest BCUT2D eigenvalue weighted by Crippen LogP contribution is 2.37. The van der Waals surface area contributed by atoms with E-state index in [2.05, 4.69) is 10.6 Å². The fraction of sp³-hybridized carbons (Fsp3) is 0.208. The van der Waals surface area contributed by atoms with Crippen LogP contribution in [-0.2, 0) is 14.3 Å². The van der Waals surface area contributed by atoms with Crippen molar-refractivity contribution in [1.82, 2.24) is 0 Å². The Labute approximate surface area is 194 Å². The Balaban J connectivity index is 1.35. The van der Waals surface area contributed by atoms with Crippen molar-refractivity contribution in [2.45, 2.75) is 20.0 Å². The summed E-state index contributed by atoms with van der Waals surface area (Å²) in [6, 6.07) is 15.8. The second kappa shape index (κ2) is 9.74. The molecule has 0 bridgehead atoms.